The normalized spacial score (nSPS) is 11.2. The number of nitrogens with one attached hydrogen (secondary N) is 4. The van der Waals surface area contributed by atoms with Crippen LogP contribution in [0, 0.1) is 0 Å². The monoisotopic (exact) mass is 390 g/mol. The van der Waals surface area contributed by atoms with Gasteiger partial charge in [-0.2, -0.15) is 0 Å². The largest absolute Gasteiger partial charge is 0.497 e. The molecular weight excluding hydrogens is 368 g/mol. The first kappa shape index (κ1) is 20.4. The number of anilines is 2. The van der Waals surface area contributed by atoms with Gasteiger partial charge in [-0.15, -0.1) is 0 Å². The van der Waals surface area contributed by atoms with E-state index in [4.69, 9.17) is 22.1 Å². The molecule has 1 amide bonds. The van der Waals surface area contributed by atoms with Crippen LogP contribution in [-0.4, -0.2) is 47.6 Å². The van der Waals surface area contributed by atoms with Gasteiger partial charge in [0.15, 0.2) is 5.11 Å². The van der Waals surface area contributed by atoms with Crippen LogP contribution in [0.4, 0.5) is 11.4 Å². The number of hydrogen-bond donors (Lipinski definition) is 6. The summed E-state index contributed by atoms with van der Waals surface area (Å²) in [6, 6.07) is 14.0. The summed E-state index contributed by atoms with van der Waals surface area (Å²) >= 11 is 5.15. The first-order chi connectivity index (χ1) is 13.0. The van der Waals surface area contributed by atoms with Gasteiger partial charge in [-0.3, -0.25) is 15.6 Å². The molecule has 9 heteroatoms. The Morgan fingerprint density at radius 1 is 1.15 bits per heavy atom. The second kappa shape index (κ2) is 10.3. The Labute approximate surface area is 162 Å². The average molecular weight is 390 g/mol. The van der Waals surface area contributed by atoms with Crippen molar-refractivity contribution in [2.24, 2.45) is 0 Å². The Morgan fingerprint density at radius 2 is 1.85 bits per heavy atom. The smallest absolute Gasteiger partial charge is 0.271 e. The van der Waals surface area contributed by atoms with Crippen molar-refractivity contribution in [3.63, 3.8) is 0 Å². The highest BCUT2D eigenvalue weighted by atomic mass is 32.1. The minimum atomic E-state index is -0.916. The molecule has 8 nitrogen and oxygen atoms in total. The Morgan fingerprint density at radius 3 is 2.52 bits per heavy atom. The van der Waals surface area contributed by atoms with Gasteiger partial charge in [0.05, 0.1) is 25.4 Å². The number of aliphatic hydroxyl groups is 2. The molecule has 0 aliphatic heterocycles. The molecule has 0 heterocycles. The van der Waals surface area contributed by atoms with Gasteiger partial charge in [0.25, 0.3) is 5.91 Å². The van der Waals surface area contributed by atoms with Crippen LogP contribution in [0.25, 0.3) is 0 Å². The van der Waals surface area contributed by atoms with Gasteiger partial charge >= 0.3 is 0 Å². The van der Waals surface area contributed by atoms with Crippen LogP contribution in [0.3, 0.4) is 0 Å². The van der Waals surface area contributed by atoms with Crippen molar-refractivity contribution in [3.05, 3.63) is 54.1 Å². The number of amides is 1. The van der Waals surface area contributed by atoms with Crippen molar-refractivity contribution >= 4 is 34.6 Å². The molecule has 0 aromatic heterocycles. The minimum Gasteiger partial charge on any atom is -0.497 e. The zero-order valence-corrected chi connectivity index (χ0v) is 15.5. The molecule has 0 aliphatic rings. The van der Waals surface area contributed by atoms with Crippen LogP contribution in [0.5, 0.6) is 5.75 Å². The topological polar surface area (TPSA) is 115 Å². The fourth-order valence-electron chi connectivity index (χ4n) is 2.15. The van der Waals surface area contributed by atoms with E-state index in [2.05, 4.69) is 21.5 Å². The summed E-state index contributed by atoms with van der Waals surface area (Å²) in [6.45, 7) is -0.250. The predicted octanol–water partition coefficient (Wildman–Crippen LogP) is 1.09. The van der Waals surface area contributed by atoms with Gasteiger partial charge in [0, 0.05) is 17.9 Å². The molecule has 2 aromatic rings. The number of hydrogen-bond acceptors (Lipinski definition) is 6. The molecule has 6 N–H and O–H groups in total. The molecule has 1 unspecified atom stereocenters. The van der Waals surface area contributed by atoms with Crippen LogP contribution < -0.4 is 26.2 Å². The summed E-state index contributed by atoms with van der Waals surface area (Å²) in [7, 11) is 1.58. The van der Waals surface area contributed by atoms with Crippen molar-refractivity contribution in [2.75, 3.05) is 30.9 Å². The van der Waals surface area contributed by atoms with E-state index in [1.54, 1.807) is 55.6 Å². The third-order valence-corrected chi connectivity index (χ3v) is 3.75. The molecule has 0 aliphatic carbocycles. The standard InChI is InChI=1S/C18H22N4O4S/c1-26-14-8-6-12(7-9-14)20-18(27)22-21-17(25)15-4-2-3-5-16(15)19-10-13(24)11-23/h2-9,13,19,23-24H,10-11H2,1H3,(H,21,25)(H2,20,22,27). The lowest BCUT2D eigenvalue weighted by molar-refractivity contribution is 0.0944. The van der Waals surface area contributed by atoms with E-state index in [9.17, 15) is 9.90 Å². The van der Waals surface area contributed by atoms with E-state index in [0.717, 1.165) is 11.4 Å². The number of ether oxygens (including phenoxy) is 1. The first-order valence-corrected chi connectivity index (χ1v) is 8.57. The Kier molecular flexibility index (Phi) is 7.80. The molecule has 0 saturated carbocycles. The lowest BCUT2D eigenvalue weighted by atomic mass is 10.1. The van der Waals surface area contributed by atoms with Crippen LogP contribution in [-0.2, 0) is 0 Å². The summed E-state index contributed by atoms with van der Waals surface area (Å²) in [5.41, 5.74) is 6.78. The third kappa shape index (κ3) is 6.41. The van der Waals surface area contributed by atoms with Crippen LogP contribution >= 0.6 is 12.2 Å². The van der Waals surface area contributed by atoms with E-state index < -0.39 is 12.0 Å². The molecule has 2 aromatic carbocycles. The van der Waals surface area contributed by atoms with Crippen LogP contribution in [0.15, 0.2) is 48.5 Å². The fraction of sp³-hybridized carbons (Fsp3) is 0.222. The molecule has 1 atom stereocenters. The maximum atomic E-state index is 12.4. The van der Waals surface area contributed by atoms with E-state index in [1.165, 1.54) is 0 Å². The lowest BCUT2D eigenvalue weighted by Crippen LogP contribution is -2.44. The summed E-state index contributed by atoms with van der Waals surface area (Å²) in [4.78, 5) is 12.4. The molecule has 0 radical (unpaired) electrons. The number of thiocarbonyl (C=S) groups is 1. The van der Waals surface area contributed by atoms with Crippen molar-refractivity contribution in [1.29, 1.82) is 0 Å². The second-order valence-electron chi connectivity index (χ2n) is 5.52. The van der Waals surface area contributed by atoms with Crippen molar-refractivity contribution in [2.45, 2.75) is 6.10 Å². The number of methoxy groups -OCH3 is 1. The number of benzene rings is 2. The minimum absolute atomic E-state index is 0.117. The second-order valence-corrected chi connectivity index (χ2v) is 5.93. The number of carbonyl (C=O) groups is 1. The van der Waals surface area contributed by atoms with Crippen molar-refractivity contribution in [3.8, 4) is 5.75 Å². The molecular formula is C18H22N4O4S. The molecule has 2 rings (SSSR count). The summed E-state index contributed by atoms with van der Waals surface area (Å²) in [5.74, 6) is 0.318. The Bertz CT molecular complexity index is 770. The molecule has 0 spiro atoms. The van der Waals surface area contributed by atoms with Crippen molar-refractivity contribution in [1.82, 2.24) is 10.9 Å². The van der Waals surface area contributed by atoms with Crippen molar-refractivity contribution < 1.29 is 19.7 Å². The highest BCUT2D eigenvalue weighted by molar-refractivity contribution is 7.80. The maximum Gasteiger partial charge on any atom is 0.271 e. The summed E-state index contributed by atoms with van der Waals surface area (Å²) in [5, 5.41) is 24.4. The van der Waals surface area contributed by atoms with Gasteiger partial charge in [0.1, 0.15) is 5.75 Å². The quantitative estimate of drug-likeness (QED) is 0.308. The van der Waals surface area contributed by atoms with Gasteiger partial charge in [-0.25, -0.2) is 0 Å². The summed E-state index contributed by atoms with van der Waals surface area (Å²) in [6.07, 6.45) is -0.916. The van der Waals surface area contributed by atoms with E-state index in [-0.39, 0.29) is 18.3 Å². The number of hydrazine groups is 1. The highest BCUT2D eigenvalue weighted by Crippen LogP contribution is 2.15. The zero-order chi connectivity index (χ0) is 19.6. The number of rotatable bonds is 7. The molecule has 27 heavy (non-hydrogen) atoms. The number of para-hydroxylation sites is 1. The third-order valence-electron chi connectivity index (χ3n) is 3.55. The average Bonchev–Trinajstić information content (AvgIpc) is 2.71. The zero-order valence-electron chi connectivity index (χ0n) is 14.7. The Balaban J connectivity index is 1.90. The van der Waals surface area contributed by atoms with Gasteiger partial charge in [-0.1, -0.05) is 12.1 Å². The van der Waals surface area contributed by atoms with Gasteiger partial charge in [0.2, 0.25) is 0 Å². The number of carbonyl (C=O) groups excluding carboxylic acids is 1. The lowest BCUT2D eigenvalue weighted by Gasteiger charge is -2.15. The highest BCUT2D eigenvalue weighted by Gasteiger charge is 2.12. The SMILES string of the molecule is COc1ccc(NC(=S)NNC(=O)c2ccccc2NCC(O)CO)cc1. The van der Waals surface area contributed by atoms with E-state index in [1.807, 2.05) is 0 Å². The molecule has 0 bridgehead atoms. The Hall–Kier alpha value is -2.88. The summed E-state index contributed by atoms with van der Waals surface area (Å²) < 4.78 is 5.09. The molecule has 0 fully saturated rings. The van der Waals surface area contributed by atoms with E-state index in [0.29, 0.717) is 11.3 Å². The molecule has 0 saturated heterocycles. The van der Waals surface area contributed by atoms with Crippen LogP contribution in [0.2, 0.25) is 0 Å². The van der Waals surface area contributed by atoms with Gasteiger partial charge < -0.3 is 25.6 Å². The fourth-order valence-corrected chi connectivity index (χ4v) is 2.31. The maximum absolute atomic E-state index is 12.4. The molecule has 144 valence electrons. The van der Waals surface area contributed by atoms with Crippen LogP contribution in [0.1, 0.15) is 10.4 Å². The number of aliphatic hydroxyl groups excluding tert-OH is 2. The van der Waals surface area contributed by atoms with Gasteiger partial charge in [-0.05, 0) is 48.6 Å². The first-order valence-electron chi connectivity index (χ1n) is 8.16. The predicted molar refractivity (Wildman–Crippen MR) is 108 cm³/mol. The van der Waals surface area contributed by atoms with E-state index >= 15 is 0 Å².